The van der Waals surface area contributed by atoms with Gasteiger partial charge in [-0.1, -0.05) is 32.0 Å². The Morgan fingerprint density at radius 1 is 1.00 bits per heavy atom. The number of benzene rings is 1. The molecule has 0 spiro atoms. The van der Waals surface area contributed by atoms with Crippen LogP contribution in [-0.4, -0.2) is 19.7 Å². The van der Waals surface area contributed by atoms with Gasteiger partial charge in [0.2, 0.25) is 5.95 Å². The Hall–Kier alpha value is -2.69. The zero-order valence-electron chi connectivity index (χ0n) is 13.4. The van der Waals surface area contributed by atoms with E-state index in [0.29, 0.717) is 5.95 Å². The molecule has 2 heterocycles. The third-order valence-corrected chi connectivity index (χ3v) is 2.98. The molecule has 0 saturated heterocycles. The topological polar surface area (TPSA) is 55.6 Å². The lowest BCUT2D eigenvalue weighted by molar-refractivity contribution is 0.867. The van der Waals surface area contributed by atoms with Crippen molar-refractivity contribution in [2.75, 3.05) is 5.32 Å². The maximum atomic E-state index is 4.44. The predicted octanol–water partition coefficient (Wildman–Crippen LogP) is 4.05. The van der Waals surface area contributed by atoms with E-state index < -0.39 is 0 Å². The van der Waals surface area contributed by atoms with Gasteiger partial charge >= 0.3 is 0 Å². The standard InChI is InChI=1S/C15H15N5.C2H6/c1-11-9-16-12(2)8-14(11)20-10-17-15(19-20)18-13-6-4-3-5-7-13;1-2/h3-10H,1-2H3,(H,18,19);1-2H3. The van der Waals surface area contributed by atoms with E-state index in [0.717, 1.165) is 22.6 Å². The van der Waals surface area contributed by atoms with E-state index in [9.17, 15) is 0 Å². The number of rotatable bonds is 3. The Kier molecular flexibility index (Phi) is 5.25. The summed E-state index contributed by atoms with van der Waals surface area (Å²) in [4.78, 5) is 8.54. The number of hydrogen-bond acceptors (Lipinski definition) is 4. The highest BCUT2D eigenvalue weighted by Crippen LogP contribution is 2.16. The van der Waals surface area contributed by atoms with Crippen LogP contribution in [0.2, 0.25) is 0 Å². The van der Waals surface area contributed by atoms with Crippen LogP contribution in [-0.2, 0) is 0 Å². The van der Waals surface area contributed by atoms with E-state index in [-0.39, 0.29) is 0 Å². The van der Waals surface area contributed by atoms with Crippen molar-refractivity contribution in [1.29, 1.82) is 0 Å². The second kappa shape index (κ2) is 7.36. The number of pyridine rings is 1. The quantitative estimate of drug-likeness (QED) is 0.792. The Balaban J connectivity index is 0.000000847. The van der Waals surface area contributed by atoms with Crippen LogP contribution < -0.4 is 5.32 Å². The Labute approximate surface area is 131 Å². The number of nitrogens with one attached hydrogen (secondary N) is 1. The molecular weight excluding hydrogens is 274 g/mol. The molecule has 0 radical (unpaired) electrons. The molecule has 0 aliphatic carbocycles. The molecule has 2 aromatic heterocycles. The molecule has 5 nitrogen and oxygen atoms in total. The fourth-order valence-electron chi connectivity index (χ4n) is 1.95. The van der Waals surface area contributed by atoms with Crippen LogP contribution in [0.15, 0.2) is 48.9 Å². The van der Waals surface area contributed by atoms with E-state index in [1.54, 1.807) is 11.0 Å². The van der Waals surface area contributed by atoms with Gasteiger partial charge in [-0.05, 0) is 37.6 Å². The zero-order valence-corrected chi connectivity index (χ0v) is 13.4. The normalized spacial score (nSPS) is 9.82. The minimum atomic E-state index is 0.574. The van der Waals surface area contributed by atoms with E-state index >= 15 is 0 Å². The first-order valence-electron chi connectivity index (χ1n) is 7.40. The van der Waals surface area contributed by atoms with Crippen LogP contribution in [0.5, 0.6) is 0 Å². The molecule has 0 fully saturated rings. The van der Waals surface area contributed by atoms with E-state index in [2.05, 4.69) is 20.4 Å². The average molecular weight is 295 g/mol. The lowest BCUT2D eigenvalue weighted by atomic mass is 10.2. The van der Waals surface area contributed by atoms with E-state index in [1.807, 2.05) is 70.3 Å². The summed E-state index contributed by atoms with van der Waals surface area (Å²) in [5.41, 5.74) is 3.98. The van der Waals surface area contributed by atoms with Crippen molar-refractivity contribution in [3.8, 4) is 5.69 Å². The molecule has 114 valence electrons. The molecule has 0 atom stereocenters. The van der Waals surface area contributed by atoms with Crippen LogP contribution in [0, 0.1) is 13.8 Å². The first kappa shape index (κ1) is 15.7. The first-order chi connectivity index (χ1) is 10.7. The van der Waals surface area contributed by atoms with E-state index in [1.165, 1.54) is 0 Å². The number of nitrogens with zero attached hydrogens (tertiary/aromatic N) is 4. The summed E-state index contributed by atoms with van der Waals surface area (Å²) >= 11 is 0. The molecule has 0 aliphatic heterocycles. The van der Waals surface area contributed by atoms with Gasteiger partial charge in [-0.15, -0.1) is 5.10 Å². The van der Waals surface area contributed by atoms with Gasteiger partial charge in [-0.25, -0.2) is 4.68 Å². The molecule has 0 bridgehead atoms. The second-order valence-electron chi connectivity index (χ2n) is 4.62. The highest BCUT2D eigenvalue weighted by Gasteiger charge is 2.06. The molecule has 0 saturated carbocycles. The van der Waals surface area contributed by atoms with Gasteiger partial charge in [-0.2, -0.15) is 4.98 Å². The van der Waals surface area contributed by atoms with Gasteiger partial charge in [-0.3, -0.25) is 4.98 Å². The highest BCUT2D eigenvalue weighted by atomic mass is 15.4. The third kappa shape index (κ3) is 3.69. The van der Waals surface area contributed by atoms with Crippen LogP contribution in [0.4, 0.5) is 11.6 Å². The van der Waals surface area contributed by atoms with Gasteiger partial charge in [0.1, 0.15) is 6.33 Å². The maximum Gasteiger partial charge on any atom is 0.246 e. The molecular formula is C17H21N5. The van der Waals surface area contributed by atoms with Gasteiger partial charge in [0.05, 0.1) is 5.69 Å². The Bertz CT molecular complexity index is 719. The molecule has 0 aliphatic rings. The summed E-state index contributed by atoms with van der Waals surface area (Å²) in [5, 5.41) is 7.61. The maximum absolute atomic E-state index is 4.44. The first-order valence-corrected chi connectivity index (χ1v) is 7.40. The molecule has 3 rings (SSSR count). The summed E-state index contributed by atoms with van der Waals surface area (Å²) < 4.78 is 1.76. The molecule has 0 amide bonds. The van der Waals surface area contributed by atoms with Crippen LogP contribution in [0.25, 0.3) is 5.69 Å². The van der Waals surface area contributed by atoms with Crippen molar-refractivity contribution in [2.45, 2.75) is 27.7 Å². The van der Waals surface area contributed by atoms with E-state index in [4.69, 9.17) is 0 Å². The zero-order chi connectivity index (χ0) is 15.9. The minimum Gasteiger partial charge on any atom is -0.323 e. The van der Waals surface area contributed by atoms with Crippen molar-refractivity contribution in [3.05, 3.63) is 60.2 Å². The Morgan fingerprint density at radius 3 is 2.45 bits per heavy atom. The summed E-state index contributed by atoms with van der Waals surface area (Å²) in [6, 6.07) is 11.9. The number of aromatic nitrogens is 4. The van der Waals surface area contributed by atoms with Crippen molar-refractivity contribution < 1.29 is 0 Å². The van der Waals surface area contributed by atoms with Crippen LogP contribution in [0.3, 0.4) is 0 Å². The summed E-state index contributed by atoms with van der Waals surface area (Å²) in [6.07, 6.45) is 3.55. The van der Waals surface area contributed by atoms with Crippen molar-refractivity contribution in [2.24, 2.45) is 0 Å². The van der Waals surface area contributed by atoms with Crippen LogP contribution >= 0.6 is 0 Å². The smallest absolute Gasteiger partial charge is 0.246 e. The number of aryl methyl sites for hydroxylation is 2. The molecule has 0 unspecified atom stereocenters. The number of hydrogen-bond donors (Lipinski definition) is 1. The fraction of sp³-hybridized carbons (Fsp3) is 0.235. The Morgan fingerprint density at radius 2 is 1.73 bits per heavy atom. The van der Waals surface area contributed by atoms with Gasteiger partial charge in [0.15, 0.2) is 0 Å². The average Bonchev–Trinajstić information content (AvgIpc) is 3.01. The van der Waals surface area contributed by atoms with Gasteiger partial charge < -0.3 is 5.32 Å². The fourth-order valence-corrected chi connectivity index (χ4v) is 1.95. The largest absolute Gasteiger partial charge is 0.323 e. The minimum absolute atomic E-state index is 0.574. The van der Waals surface area contributed by atoms with Gasteiger partial charge in [0.25, 0.3) is 0 Å². The SMILES string of the molecule is CC.Cc1cc(-n2cnc(Nc3ccccc3)n2)c(C)cn1. The van der Waals surface area contributed by atoms with Gasteiger partial charge in [0, 0.05) is 17.6 Å². The second-order valence-corrected chi connectivity index (χ2v) is 4.62. The summed E-state index contributed by atoms with van der Waals surface area (Å²) in [6.45, 7) is 7.97. The van der Waals surface area contributed by atoms with Crippen molar-refractivity contribution >= 4 is 11.6 Å². The lowest BCUT2D eigenvalue weighted by Gasteiger charge is -2.05. The molecule has 3 aromatic rings. The summed E-state index contributed by atoms with van der Waals surface area (Å²) in [5.74, 6) is 0.574. The predicted molar refractivity (Wildman–Crippen MR) is 89.7 cm³/mol. The van der Waals surface area contributed by atoms with Crippen molar-refractivity contribution in [3.63, 3.8) is 0 Å². The molecule has 22 heavy (non-hydrogen) atoms. The number of para-hydroxylation sites is 1. The molecule has 1 aromatic carbocycles. The molecule has 1 N–H and O–H groups in total. The van der Waals surface area contributed by atoms with Crippen molar-refractivity contribution in [1.82, 2.24) is 19.7 Å². The summed E-state index contributed by atoms with van der Waals surface area (Å²) in [7, 11) is 0. The monoisotopic (exact) mass is 295 g/mol. The molecule has 5 heteroatoms. The third-order valence-electron chi connectivity index (χ3n) is 2.98. The number of anilines is 2. The lowest BCUT2D eigenvalue weighted by Crippen LogP contribution is -2.00. The highest BCUT2D eigenvalue weighted by molar-refractivity contribution is 5.52. The van der Waals surface area contributed by atoms with Crippen LogP contribution in [0.1, 0.15) is 25.1 Å².